The van der Waals surface area contributed by atoms with Crippen LogP contribution in [0.25, 0.3) is 33.3 Å². The molecule has 0 aliphatic carbocycles. The number of benzene rings is 2. The van der Waals surface area contributed by atoms with Crippen LogP contribution in [0.5, 0.6) is 11.8 Å². The van der Waals surface area contributed by atoms with Gasteiger partial charge < -0.3 is 20.4 Å². The Morgan fingerprint density at radius 3 is 2.39 bits per heavy atom. The zero-order valence-electron chi connectivity index (χ0n) is 21.7. The lowest BCUT2D eigenvalue weighted by Crippen LogP contribution is -2.06. The smallest absolute Gasteiger partial charge is 0.322 e. The second-order valence-electron chi connectivity index (χ2n) is 8.90. The molecule has 0 bridgehead atoms. The van der Waals surface area contributed by atoms with E-state index in [4.69, 9.17) is 10.5 Å². The van der Waals surface area contributed by atoms with E-state index in [1.165, 1.54) is 13.1 Å². The van der Waals surface area contributed by atoms with E-state index in [-0.39, 0.29) is 22.6 Å². The number of halogens is 3. The molecular weight excluding hydrogens is 535 g/mol. The van der Waals surface area contributed by atoms with Gasteiger partial charge in [-0.05, 0) is 48.4 Å². The highest BCUT2D eigenvalue weighted by Crippen LogP contribution is 2.44. The summed E-state index contributed by atoms with van der Waals surface area (Å²) < 4.78 is 51.3. The van der Waals surface area contributed by atoms with E-state index in [0.29, 0.717) is 33.4 Å². The van der Waals surface area contributed by atoms with Crippen molar-refractivity contribution in [2.24, 2.45) is 7.05 Å². The number of carbonyl (C=O) groups is 1. The Morgan fingerprint density at radius 2 is 1.78 bits per heavy atom. The van der Waals surface area contributed by atoms with Crippen LogP contribution in [0, 0.1) is 35.7 Å². The first-order chi connectivity index (χ1) is 19.6. The maximum absolute atomic E-state index is 15.4. The molecule has 204 valence electrons. The van der Waals surface area contributed by atoms with Crippen molar-refractivity contribution in [3.05, 3.63) is 90.2 Å². The highest BCUT2D eigenvalue weighted by molar-refractivity contribution is 6.11. The van der Waals surface area contributed by atoms with Crippen LogP contribution in [0.3, 0.4) is 0 Å². The molecular formula is C29H20F3N7O2. The molecule has 41 heavy (non-hydrogen) atoms. The van der Waals surface area contributed by atoms with Crippen molar-refractivity contribution >= 4 is 28.3 Å². The molecule has 3 N–H and O–H groups in total. The summed E-state index contributed by atoms with van der Waals surface area (Å²) >= 11 is 0. The number of anilines is 2. The summed E-state index contributed by atoms with van der Waals surface area (Å²) in [5.41, 5.74) is 8.76. The zero-order chi connectivity index (χ0) is 29.4. The van der Waals surface area contributed by atoms with Crippen LogP contribution in [0.4, 0.5) is 24.7 Å². The molecule has 0 atom stereocenters. The SMILES string of the molecule is C=CC(=O)Nc1ccc(-c2c(-c3cc(F)c(Oc4ncc(F)c(C)n4)c(F)c3)c3c(N)ncc(C#N)c3n2C)cc1. The van der Waals surface area contributed by atoms with Gasteiger partial charge in [-0.1, -0.05) is 18.7 Å². The largest absolute Gasteiger partial charge is 0.418 e. The first-order valence-electron chi connectivity index (χ1n) is 12.0. The third kappa shape index (κ3) is 4.80. The highest BCUT2D eigenvalue weighted by Gasteiger charge is 2.26. The predicted octanol–water partition coefficient (Wildman–Crippen LogP) is 5.79. The Kier molecular flexibility index (Phi) is 6.86. The van der Waals surface area contributed by atoms with Crippen LogP contribution in [-0.2, 0) is 11.8 Å². The number of nitriles is 1. The number of aromatic nitrogens is 4. The van der Waals surface area contributed by atoms with E-state index in [1.807, 2.05) is 0 Å². The van der Waals surface area contributed by atoms with Crippen molar-refractivity contribution in [1.29, 1.82) is 5.26 Å². The Bertz CT molecular complexity index is 1890. The van der Waals surface area contributed by atoms with Crippen LogP contribution < -0.4 is 15.8 Å². The zero-order valence-corrected chi connectivity index (χ0v) is 21.7. The summed E-state index contributed by atoms with van der Waals surface area (Å²) in [4.78, 5) is 23.2. The Balaban J connectivity index is 1.71. The number of fused-ring (bicyclic) bond motifs is 1. The summed E-state index contributed by atoms with van der Waals surface area (Å²) in [7, 11) is 1.69. The number of pyridine rings is 1. The van der Waals surface area contributed by atoms with E-state index in [1.54, 1.807) is 35.9 Å². The molecule has 0 unspecified atom stereocenters. The number of aryl methyl sites for hydroxylation is 2. The van der Waals surface area contributed by atoms with Crippen molar-refractivity contribution in [3.63, 3.8) is 0 Å². The molecule has 2 aromatic carbocycles. The fraction of sp³-hybridized carbons (Fsp3) is 0.0690. The van der Waals surface area contributed by atoms with Gasteiger partial charge in [-0.25, -0.2) is 23.1 Å². The van der Waals surface area contributed by atoms with Gasteiger partial charge in [-0.3, -0.25) is 4.79 Å². The summed E-state index contributed by atoms with van der Waals surface area (Å²) in [6, 6.07) is 10.4. The molecule has 3 aromatic heterocycles. The molecule has 0 spiro atoms. The molecule has 0 saturated heterocycles. The topological polar surface area (TPSA) is 132 Å². The number of nitrogens with zero attached hydrogens (tertiary/aromatic N) is 5. The van der Waals surface area contributed by atoms with Gasteiger partial charge in [0.15, 0.2) is 17.5 Å². The maximum Gasteiger partial charge on any atom is 0.322 e. The lowest BCUT2D eigenvalue weighted by atomic mass is 9.97. The normalized spacial score (nSPS) is 10.8. The summed E-state index contributed by atoms with van der Waals surface area (Å²) in [5, 5.41) is 12.7. The van der Waals surface area contributed by atoms with Crippen LogP contribution >= 0.6 is 0 Å². The standard InChI is InChI=1S/C29H20F3N7O2/c1-4-22(40)38-18-7-5-15(6-8-18)25-23(24-26(39(25)3)17(11-33)12-35-28(24)34)16-9-19(30)27(20(31)10-16)41-29-36-13-21(32)14(2)37-29/h4-10,12-13H,1H2,2-3H3,(H2,34,35)(H,38,40). The molecule has 0 radical (unpaired) electrons. The Labute approximate surface area is 231 Å². The van der Waals surface area contributed by atoms with Crippen LogP contribution in [-0.4, -0.2) is 25.4 Å². The summed E-state index contributed by atoms with van der Waals surface area (Å²) in [6.45, 7) is 4.78. The fourth-order valence-corrected chi connectivity index (χ4v) is 4.49. The molecule has 3 heterocycles. The monoisotopic (exact) mass is 555 g/mol. The van der Waals surface area contributed by atoms with Gasteiger partial charge in [0.25, 0.3) is 0 Å². The van der Waals surface area contributed by atoms with Crippen LogP contribution in [0.1, 0.15) is 11.3 Å². The predicted molar refractivity (Wildman–Crippen MR) is 146 cm³/mol. The van der Waals surface area contributed by atoms with Gasteiger partial charge >= 0.3 is 6.01 Å². The molecule has 0 aliphatic heterocycles. The quantitative estimate of drug-likeness (QED) is 0.253. The van der Waals surface area contributed by atoms with E-state index >= 15 is 8.78 Å². The molecule has 5 aromatic rings. The van der Waals surface area contributed by atoms with Crippen molar-refractivity contribution in [2.45, 2.75) is 6.92 Å². The summed E-state index contributed by atoms with van der Waals surface area (Å²) in [6.07, 6.45) is 3.29. The first kappa shape index (κ1) is 26.9. The van der Waals surface area contributed by atoms with E-state index in [2.05, 4.69) is 32.9 Å². The number of hydrogen-bond acceptors (Lipinski definition) is 7. The second kappa shape index (κ2) is 10.5. The lowest BCUT2D eigenvalue weighted by molar-refractivity contribution is -0.111. The maximum atomic E-state index is 15.4. The van der Waals surface area contributed by atoms with Gasteiger partial charge in [-0.2, -0.15) is 10.2 Å². The van der Waals surface area contributed by atoms with Gasteiger partial charge in [0.2, 0.25) is 11.7 Å². The molecule has 9 nitrogen and oxygen atoms in total. The number of rotatable bonds is 6. The summed E-state index contributed by atoms with van der Waals surface area (Å²) in [5.74, 6) is -4.00. The minimum absolute atomic E-state index is 0.0436. The van der Waals surface area contributed by atoms with E-state index in [0.717, 1.165) is 24.4 Å². The molecule has 12 heteroatoms. The third-order valence-corrected chi connectivity index (χ3v) is 6.35. The second-order valence-corrected chi connectivity index (χ2v) is 8.90. The lowest BCUT2D eigenvalue weighted by Gasteiger charge is -2.12. The van der Waals surface area contributed by atoms with E-state index < -0.39 is 35.1 Å². The van der Waals surface area contributed by atoms with Crippen molar-refractivity contribution in [2.75, 3.05) is 11.1 Å². The Morgan fingerprint density at radius 1 is 1.10 bits per heavy atom. The van der Waals surface area contributed by atoms with Gasteiger partial charge in [0.05, 0.1) is 34.1 Å². The fourth-order valence-electron chi connectivity index (χ4n) is 4.49. The third-order valence-electron chi connectivity index (χ3n) is 6.35. The average Bonchev–Trinajstić information content (AvgIpc) is 3.27. The number of ether oxygens (including phenoxy) is 1. The van der Waals surface area contributed by atoms with Crippen molar-refractivity contribution in [3.8, 4) is 40.2 Å². The molecule has 0 saturated carbocycles. The van der Waals surface area contributed by atoms with Crippen molar-refractivity contribution < 1.29 is 22.7 Å². The molecule has 0 fully saturated rings. The van der Waals surface area contributed by atoms with E-state index in [9.17, 15) is 14.4 Å². The minimum Gasteiger partial charge on any atom is -0.418 e. The first-order valence-corrected chi connectivity index (χ1v) is 12.0. The van der Waals surface area contributed by atoms with Gasteiger partial charge in [0.1, 0.15) is 11.9 Å². The minimum atomic E-state index is -1.08. The Hall–Kier alpha value is -5.70. The number of amides is 1. The van der Waals surface area contributed by atoms with Crippen molar-refractivity contribution in [1.82, 2.24) is 19.5 Å². The van der Waals surface area contributed by atoms with Crippen LogP contribution in [0.2, 0.25) is 0 Å². The van der Waals surface area contributed by atoms with Gasteiger partial charge in [-0.15, -0.1) is 0 Å². The molecule has 0 aliphatic rings. The number of nitrogen functional groups attached to an aromatic ring is 1. The number of nitrogens with two attached hydrogens (primary N) is 1. The number of nitrogens with one attached hydrogen (secondary N) is 1. The number of hydrogen-bond donors (Lipinski definition) is 2. The highest BCUT2D eigenvalue weighted by atomic mass is 19.1. The number of carbonyl (C=O) groups excluding carboxylic acids is 1. The van der Waals surface area contributed by atoms with Gasteiger partial charge in [0, 0.05) is 24.5 Å². The average molecular weight is 556 g/mol. The van der Waals surface area contributed by atoms with Crippen LogP contribution in [0.15, 0.2) is 61.4 Å². The molecule has 5 rings (SSSR count). The molecule has 1 amide bonds.